The average Bonchev–Trinajstić information content (AvgIpc) is 3.24. The molecular formula is C23H24ClFN2O3. The quantitative estimate of drug-likeness (QED) is 0.731. The molecule has 1 amide bonds. The third kappa shape index (κ3) is 3.94. The first-order valence-electron chi connectivity index (χ1n) is 10.2. The van der Waals surface area contributed by atoms with Gasteiger partial charge in [0.1, 0.15) is 5.82 Å². The van der Waals surface area contributed by atoms with E-state index in [0.717, 1.165) is 31.5 Å². The molecule has 158 valence electrons. The third-order valence-corrected chi connectivity index (χ3v) is 6.26. The Hall–Kier alpha value is -2.44. The summed E-state index contributed by atoms with van der Waals surface area (Å²) in [6.45, 7) is 3.40. The summed E-state index contributed by atoms with van der Waals surface area (Å²) in [6.07, 6.45) is 2.32. The topological polar surface area (TPSA) is 58.6 Å². The van der Waals surface area contributed by atoms with E-state index in [2.05, 4.69) is 10.2 Å². The van der Waals surface area contributed by atoms with Gasteiger partial charge in [-0.25, -0.2) is 9.18 Å². The minimum Gasteiger partial charge on any atom is -0.445 e. The van der Waals surface area contributed by atoms with Crippen LogP contribution in [0.2, 0.25) is 5.02 Å². The van der Waals surface area contributed by atoms with Gasteiger partial charge in [-0.15, -0.1) is 0 Å². The summed E-state index contributed by atoms with van der Waals surface area (Å²) in [4.78, 5) is 27.6. The van der Waals surface area contributed by atoms with Crippen molar-refractivity contribution >= 4 is 23.5 Å². The molecule has 0 aliphatic carbocycles. The summed E-state index contributed by atoms with van der Waals surface area (Å²) < 4.78 is 20.1. The van der Waals surface area contributed by atoms with Crippen molar-refractivity contribution in [2.45, 2.75) is 37.8 Å². The molecule has 2 heterocycles. The number of amides is 1. The fourth-order valence-electron chi connectivity index (χ4n) is 4.33. The summed E-state index contributed by atoms with van der Waals surface area (Å²) in [6, 6.07) is 11.3. The second-order valence-electron chi connectivity index (χ2n) is 8.06. The maximum atomic E-state index is 14.6. The van der Waals surface area contributed by atoms with Crippen molar-refractivity contribution in [3.8, 4) is 0 Å². The molecule has 2 aromatic carbocycles. The molecule has 0 aromatic heterocycles. The first-order valence-corrected chi connectivity index (χ1v) is 10.5. The molecule has 4 rings (SSSR count). The number of rotatable bonds is 5. The Morgan fingerprint density at radius 3 is 2.70 bits per heavy atom. The van der Waals surface area contributed by atoms with Crippen LogP contribution in [0.1, 0.15) is 47.3 Å². The average molecular weight is 431 g/mol. The minimum absolute atomic E-state index is 0.175. The maximum absolute atomic E-state index is 14.6. The van der Waals surface area contributed by atoms with Gasteiger partial charge in [0.25, 0.3) is 5.91 Å². The lowest BCUT2D eigenvalue weighted by Crippen LogP contribution is -2.53. The van der Waals surface area contributed by atoms with Crippen molar-refractivity contribution in [3.63, 3.8) is 0 Å². The van der Waals surface area contributed by atoms with Gasteiger partial charge < -0.3 is 10.1 Å². The van der Waals surface area contributed by atoms with E-state index in [1.165, 1.54) is 6.07 Å². The van der Waals surface area contributed by atoms with Crippen LogP contribution in [0.15, 0.2) is 42.5 Å². The fraction of sp³-hybridized carbons (Fsp3) is 0.391. The van der Waals surface area contributed by atoms with Crippen LogP contribution in [0.5, 0.6) is 0 Å². The van der Waals surface area contributed by atoms with Crippen LogP contribution >= 0.6 is 11.6 Å². The predicted octanol–water partition coefficient (Wildman–Crippen LogP) is 3.90. The highest BCUT2D eigenvalue weighted by Gasteiger charge is 2.43. The molecular weight excluding hydrogens is 407 g/mol. The van der Waals surface area contributed by atoms with Crippen LogP contribution < -0.4 is 5.32 Å². The van der Waals surface area contributed by atoms with E-state index in [4.69, 9.17) is 16.3 Å². The lowest BCUT2D eigenvalue weighted by Gasteiger charge is -2.34. The smallest absolute Gasteiger partial charge is 0.339 e. The second-order valence-corrected chi connectivity index (χ2v) is 8.47. The number of likely N-dealkylation sites (tertiary alicyclic amines) is 1. The standard InChI is InChI=1S/C23H24ClFN2O3/c1-23(13-15-7-2-3-8-16(15)21(28)30-23)22(29)26-14-19(27-11-4-5-12-27)20-17(24)9-6-10-18(20)25/h2-3,6-10,19H,4-5,11-14H2,1H3,(H,26,29). The van der Waals surface area contributed by atoms with Gasteiger partial charge in [0.05, 0.1) is 11.6 Å². The largest absolute Gasteiger partial charge is 0.445 e. The van der Waals surface area contributed by atoms with E-state index in [9.17, 15) is 14.0 Å². The van der Waals surface area contributed by atoms with Crippen LogP contribution in [0, 0.1) is 5.82 Å². The maximum Gasteiger partial charge on any atom is 0.339 e. The van der Waals surface area contributed by atoms with Gasteiger partial charge in [-0.2, -0.15) is 0 Å². The van der Waals surface area contributed by atoms with Gasteiger partial charge in [-0.3, -0.25) is 9.69 Å². The Morgan fingerprint density at radius 2 is 1.97 bits per heavy atom. The Morgan fingerprint density at radius 1 is 1.23 bits per heavy atom. The fourth-order valence-corrected chi connectivity index (χ4v) is 4.62. The van der Waals surface area contributed by atoms with Gasteiger partial charge >= 0.3 is 5.97 Å². The van der Waals surface area contributed by atoms with Crippen molar-refractivity contribution < 1.29 is 18.7 Å². The number of hydrogen-bond acceptors (Lipinski definition) is 4. The van der Waals surface area contributed by atoms with Gasteiger partial charge in [0, 0.05) is 23.6 Å². The zero-order valence-corrected chi connectivity index (χ0v) is 17.5. The molecule has 0 saturated carbocycles. The molecule has 2 aliphatic rings. The predicted molar refractivity (Wildman–Crippen MR) is 112 cm³/mol. The second kappa shape index (κ2) is 8.36. The molecule has 1 N–H and O–H groups in total. The number of hydrogen-bond donors (Lipinski definition) is 1. The molecule has 1 fully saturated rings. The first kappa shape index (κ1) is 20.8. The molecule has 0 bridgehead atoms. The summed E-state index contributed by atoms with van der Waals surface area (Å²) >= 11 is 6.32. The Balaban J connectivity index is 1.54. The van der Waals surface area contributed by atoms with Crippen LogP contribution in [0.3, 0.4) is 0 Å². The molecule has 2 unspecified atom stereocenters. The number of ether oxygens (including phenoxy) is 1. The third-order valence-electron chi connectivity index (χ3n) is 5.93. The highest BCUT2D eigenvalue weighted by atomic mass is 35.5. The van der Waals surface area contributed by atoms with Gasteiger partial charge in [0.2, 0.25) is 0 Å². The number of fused-ring (bicyclic) bond motifs is 1. The van der Waals surface area contributed by atoms with Gasteiger partial charge in [0.15, 0.2) is 5.60 Å². The van der Waals surface area contributed by atoms with E-state index in [1.807, 2.05) is 12.1 Å². The minimum atomic E-state index is -1.32. The first-order chi connectivity index (χ1) is 14.4. The van der Waals surface area contributed by atoms with E-state index >= 15 is 0 Å². The SMILES string of the molecule is CC1(C(=O)NCC(c2c(F)cccc2Cl)N2CCCC2)Cc2ccccc2C(=O)O1. The molecule has 7 heteroatoms. The normalized spacial score (nSPS) is 22.3. The van der Waals surface area contributed by atoms with E-state index in [-0.39, 0.29) is 19.0 Å². The van der Waals surface area contributed by atoms with Crippen LogP contribution in [-0.4, -0.2) is 42.0 Å². The van der Waals surface area contributed by atoms with Crippen molar-refractivity contribution in [2.24, 2.45) is 0 Å². The van der Waals surface area contributed by atoms with E-state index < -0.39 is 23.3 Å². The Kier molecular flexibility index (Phi) is 5.80. The number of carbonyl (C=O) groups is 2. The molecule has 2 atom stereocenters. The number of cyclic esters (lactones) is 1. The highest BCUT2D eigenvalue weighted by Crippen LogP contribution is 2.33. The van der Waals surface area contributed by atoms with Crippen LogP contribution in [0.4, 0.5) is 4.39 Å². The molecule has 0 spiro atoms. The molecule has 5 nitrogen and oxygen atoms in total. The monoisotopic (exact) mass is 430 g/mol. The van der Waals surface area contributed by atoms with E-state index in [1.54, 1.807) is 31.2 Å². The highest BCUT2D eigenvalue weighted by molar-refractivity contribution is 6.31. The summed E-state index contributed by atoms with van der Waals surface area (Å²) in [5.74, 6) is -1.30. The molecule has 30 heavy (non-hydrogen) atoms. The van der Waals surface area contributed by atoms with Crippen molar-refractivity contribution in [2.75, 3.05) is 19.6 Å². The number of nitrogens with zero attached hydrogens (tertiary/aromatic N) is 1. The summed E-state index contributed by atoms with van der Waals surface area (Å²) in [7, 11) is 0. The van der Waals surface area contributed by atoms with Crippen molar-refractivity contribution in [1.82, 2.24) is 10.2 Å². The summed E-state index contributed by atoms with van der Waals surface area (Å²) in [5, 5.41) is 3.23. The van der Waals surface area contributed by atoms with Gasteiger partial charge in [-0.1, -0.05) is 35.9 Å². The molecule has 2 aliphatic heterocycles. The Labute approximate surface area is 180 Å². The van der Waals surface area contributed by atoms with Crippen molar-refractivity contribution in [3.05, 3.63) is 70.0 Å². The van der Waals surface area contributed by atoms with Crippen LogP contribution in [-0.2, 0) is 16.0 Å². The molecule has 1 saturated heterocycles. The van der Waals surface area contributed by atoms with Crippen molar-refractivity contribution in [1.29, 1.82) is 0 Å². The number of nitrogens with one attached hydrogen (secondary N) is 1. The number of halogens is 2. The molecule has 2 aromatic rings. The summed E-state index contributed by atoms with van der Waals surface area (Å²) in [5.41, 5.74) is 0.327. The Bertz CT molecular complexity index is 956. The van der Waals surface area contributed by atoms with E-state index in [0.29, 0.717) is 16.1 Å². The number of esters is 1. The number of benzene rings is 2. The zero-order valence-electron chi connectivity index (χ0n) is 16.8. The van der Waals surface area contributed by atoms with Gasteiger partial charge in [-0.05, 0) is 56.6 Å². The lowest BCUT2D eigenvalue weighted by molar-refractivity contribution is -0.140. The lowest BCUT2D eigenvalue weighted by atomic mass is 9.89. The zero-order chi connectivity index (χ0) is 21.3. The molecule has 0 radical (unpaired) electrons. The van der Waals surface area contributed by atoms with Crippen LogP contribution in [0.25, 0.3) is 0 Å². The number of carbonyl (C=O) groups excluding carboxylic acids is 2.